The number of hydrogen-bond acceptors (Lipinski definition) is 6. The average molecular weight is 624 g/mol. The van der Waals surface area contributed by atoms with Gasteiger partial charge in [-0.1, -0.05) is 73.5 Å². The second-order valence-electron chi connectivity index (χ2n) is 12.4. The van der Waals surface area contributed by atoms with Crippen LogP contribution in [0.4, 0.5) is 5.69 Å². The highest BCUT2D eigenvalue weighted by atomic mass is 32.2. The molecule has 0 aliphatic carbocycles. The third-order valence-corrected chi connectivity index (χ3v) is 9.09. The van der Waals surface area contributed by atoms with Gasteiger partial charge in [-0.2, -0.15) is 0 Å². The second-order valence-corrected chi connectivity index (χ2v) is 14.4. The highest BCUT2D eigenvalue weighted by Gasteiger charge is 2.21. The van der Waals surface area contributed by atoms with Gasteiger partial charge in [-0.3, -0.25) is 0 Å². The quantitative estimate of drug-likeness (QED) is 0.149. The van der Waals surface area contributed by atoms with Crippen LogP contribution in [0.1, 0.15) is 67.8 Å². The fourth-order valence-electron chi connectivity index (χ4n) is 5.21. The van der Waals surface area contributed by atoms with Crippen molar-refractivity contribution in [1.82, 2.24) is 9.55 Å². The van der Waals surface area contributed by atoms with Crippen molar-refractivity contribution in [3.05, 3.63) is 114 Å². The van der Waals surface area contributed by atoms with Crippen LogP contribution in [0.3, 0.4) is 0 Å². The van der Waals surface area contributed by atoms with Gasteiger partial charge in [0.25, 0.3) is 0 Å². The number of anilines is 1. The number of hydrogen-bond donors (Lipinski definition) is 1. The van der Waals surface area contributed by atoms with Gasteiger partial charge < -0.3 is 14.6 Å². The molecule has 0 saturated heterocycles. The van der Waals surface area contributed by atoms with Gasteiger partial charge in [0.2, 0.25) is 0 Å². The zero-order valence-electron chi connectivity index (χ0n) is 26.6. The van der Waals surface area contributed by atoms with E-state index in [2.05, 4.69) is 28.9 Å². The van der Waals surface area contributed by atoms with E-state index in [0.717, 1.165) is 64.1 Å². The Balaban J connectivity index is 1.41. The van der Waals surface area contributed by atoms with E-state index in [9.17, 15) is 13.2 Å². The molecule has 1 N–H and O–H groups in total. The number of aryl methyl sites for hydroxylation is 2. The molecule has 0 bridgehead atoms. The van der Waals surface area contributed by atoms with E-state index in [1.54, 1.807) is 18.2 Å². The van der Waals surface area contributed by atoms with Gasteiger partial charge >= 0.3 is 5.97 Å². The van der Waals surface area contributed by atoms with Crippen molar-refractivity contribution in [3.8, 4) is 11.1 Å². The van der Waals surface area contributed by atoms with Gasteiger partial charge in [-0.15, -0.1) is 0 Å². The van der Waals surface area contributed by atoms with Crippen LogP contribution in [0.5, 0.6) is 0 Å². The number of rotatable bonds is 11. The summed E-state index contributed by atoms with van der Waals surface area (Å²) in [4.78, 5) is 18.2. The summed E-state index contributed by atoms with van der Waals surface area (Å²) in [6.45, 7) is 10.3. The fourth-order valence-corrected chi connectivity index (χ4v) is 6.28. The third kappa shape index (κ3) is 7.81. The van der Waals surface area contributed by atoms with E-state index in [-0.39, 0.29) is 11.8 Å². The number of ether oxygens (including phenoxy) is 1. The SMILES string of the molecule is CCCCc1nc2ccc(NCS(=O)(=O)c3ccc(C)cc3)cc2n1Cc1ccc(-c2ccccc2C(=O)OC(C)(C)C)cc1. The Kier molecular flexibility index (Phi) is 9.44. The number of nitrogens with zero attached hydrogens (tertiary/aromatic N) is 2. The molecule has 0 atom stereocenters. The highest BCUT2D eigenvalue weighted by Crippen LogP contribution is 2.28. The van der Waals surface area contributed by atoms with Crippen LogP contribution in [0, 0.1) is 6.92 Å². The molecular weight excluding hydrogens is 582 g/mol. The molecule has 0 radical (unpaired) electrons. The number of sulfone groups is 1. The van der Waals surface area contributed by atoms with Crippen molar-refractivity contribution in [3.63, 3.8) is 0 Å². The normalized spacial score (nSPS) is 11.9. The summed E-state index contributed by atoms with van der Waals surface area (Å²) in [5, 5.41) is 3.12. The summed E-state index contributed by atoms with van der Waals surface area (Å²) in [5.41, 5.74) is 6.35. The van der Waals surface area contributed by atoms with Gasteiger partial charge in [-0.25, -0.2) is 18.2 Å². The van der Waals surface area contributed by atoms with Crippen LogP contribution < -0.4 is 5.32 Å². The Labute approximate surface area is 266 Å². The smallest absolute Gasteiger partial charge is 0.339 e. The first-order valence-corrected chi connectivity index (χ1v) is 17.0. The first kappa shape index (κ1) is 32.0. The van der Waals surface area contributed by atoms with Gasteiger partial charge in [0.1, 0.15) is 17.3 Å². The summed E-state index contributed by atoms with van der Waals surface area (Å²) < 4.78 is 33.8. The highest BCUT2D eigenvalue weighted by molar-refractivity contribution is 7.91. The van der Waals surface area contributed by atoms with Crippen molar-refractivity contribution in [2.75, 3.05) is 11.2 Å². The van der Waals surface area contributed by atoms with Gasteiger partial charge in [-0.05, 0) is 87.2 Å². The van der Waals surface area contributed by atoms with Gasteiger partial charge in [0, 0.05) is 18.7 Å². The Hall–Kier alpha value is -4.43. The molecule has 7 nitrogen and oxygen atoms in total. The lowest BCUT2D eigenvalue weighted by atomic mass is 9.98. The molecule has 8 heteroatoms. The van der Waals surface area contributed by atoms with Crippen LogP contribution in [0.2, 0.25) is 0 Å². The fraction of sp³-hybridized carbons (Fsp3) is 0.297. The first-order valence-electron chi connectivity index (χ1n) is 15.4. The molecule has 0 aliphatic heterocycles. The van der Waals surface area contributed by atoms with Crippen molar-refractivity contribution in [1.29, 1.82) is 0 Å². The molecule has 1 aromatic heterocycles. The number of benzene rings is 4. The van der Waals surface area contributed by atoms with E-state index in [4.69, 9.17) is 9.72 Å². The first-order chi connectivity index (χ1) is 21.4. The number of aromatic nitrogens is 2. The number of imidazole rings is 1. The van der Waals surface area contributed by atoms with Gasteiger partial charge in [0.05, 0.1) is 21.5 Å². The Bertz CT molecular complexity index is 1900. The largest absolute Gasteiger partial charge is 0.456 e. The summed E-state index contributed by atoms with van der Waals surface area (Å²) in [6.07, 6.45) is 2.92. The second kappa shape index (κ2) is 13.3. The maximum atomic E-state index is 13.0. The van der Waals surface area contributed by atoms with Crippen LogP contribution in [-0.2, 0) is 27.5 Å². The maximum Gasteiger partial charge on any atom is 0.339 e. The van der Waals surface area contributed by atoms with E-state index in [1.807, 2.05) is 88.4 Å². The molecule has 5 rings (SSSR count). The van der Waals surface area contributed by atoms with E-state index in [0.29, 0.717) is 17.0 Å². The average Bonchev–Trinajstić information content (AvgIpc) is 3.35. The minimum Gasteiger partial charge on any atom is -0.456 e. The summed E-state index contributed by atoms with van der Waals surface area (Å²) in [6, 6.07) is 28.4. The van der Waals surface area contributed by atoms with E-state index in [1.165, 1.54) is 0 Å². The number of unbranched alkanes of at least 4 members (excludes halogenated alkanes) is 1. The molecule has 45 heavy (non-hydrogen) atoms. The molecule has 1 heterocycles. The Morgan fingerprint density at radius 3 is 2.33 bits per heavy atom. The summed E-state index contributed by atoms with van der Waals surface area (Å²) in [5.74, 6) is 0.448. The predicted octanol–water partition coefficient (Wildman–Crippen LogP) is 8.20. The predicted molar refractivity (Wildman–Crippen MR) is 181 cm³/mol. The lowest BCUT2D eigenvalue weighted by molar-refractivity contribution is 0.00704. The third-order valence-electron chi connectivity index (χ3n) is 7.58. The maximum absolute atomic E-state index is 13.0. The molecule has 0 aliphatic rings. The number of nitrogens with one attached hydrogen (secondary N) is 1. The van der Waals surface area contributed by atoms with Crippen LogP contribution in [0.25, 0.3) is 22.2 Å². The molecule has 4 aromatic carbocycles. The van der Waals surface area contributed by atoms with Crippen LogP contribution in [-0.4, -0.2) is 35.4 Å². The topological polar surface area (TPSA) is 90.3 Å². The molecule has 0 amide bonds. The molecular formula is C37H41N3O4S. The van der Waals surface area contributed by atoms with E-state index >= 15 is 0 Å². The summed E-state index contributed by atoms with van der Waals surface area (Å²) >= 11 is 0. The van der Waals surface area contributed by atoms with E-state index < -0.39 is 15.4 Å². The number of fused-ring (bicyclic) bond motifs is 1. The minimum atomic E-state index is -3.50. The van der Waals surface area contributed by atoms with Crippen molar-refractivity contribution in [2.24, 2.45) is 0 Å². The Morgan fingerprint density at radius 2 is 1.64 bits per heavy atom. The number of carbonyl (C=O) groups excluding carboxylic acids is 1. The lowest BCUT2D eigenvalue weighted by Crippen LogP contribution is -2.24. The van der Waals surface area contributed by atoms with Crippen molar-refractivity contribution >= 4 is 32.5 Å². The summed E-state index contributed by atoms with van der Waals surface area (Å²) in [7, 11) is -3.50. The number of esters is 1. The lowest BCUT2D eigenvalue weighted by Gasteiger charge is -2.20. The molecule has 5 aromatic rings. The van der Waals surface area contributed by atoms with Crippen molar-refractivity contribution in [2.45, 2.75) is 70.9 Å². The molecule has 0 spiro atoms. The molecule has 0 saturated carbocycles. The standard InChI is InChI=1S/C37H41N3O4S/c1-6-7-12-35-39-33-22-19-29(38-25-45(42,43)30-20-13-26(2)14-21-30)23-34(33)40(35)24-27-15-17-28(18-16-27)31-10-8-9-11-32(31)36(41)44-37(3,4)5/h8-11,13-23,38H,6-7,12,24-25H2,1-5H3. The van der Waals surface area contributed by atoms with Gasteiger partial charge in [0.15, 0.2) is 9.84 Å². The molecule has 0 unspecified atom stereocenters. The number of carbonyl (C=O) groups is 1. The van der Waals surface area contributed by atoms with Crippen LogP contribution in [0.15, 0.2) is 95.9 Å². The van der Waals surface area contributed by atoms with Crippen LogP contribution >= 0.6 is 0 Å². The zero-order valence-corrected chi connectivity index (χ0v) is 27.4. The van der Waals surface area contributed by atoms with Crippen molar-refractivity contribution < 1.29 is 17.9 Å². The molecule has 234 valence electrons. The monoisotopic (exact) mass is 623 g/mol. The Morgan fingerprint density at radius 1 is 0.933 bits per heavy atom. The minimum absolute atomic E-state index is 0.204. The zero-order chi connectivity index (χ0) is 32.2. The molecule has 0 fully saturated rings.